The molecule has 0 radical (unpaired) electrons. The van der Waals surface area contributed by atoms with Gasteiger partial charge < -0.3 is 9.67 Å². The topological polar surface area (TPSA) is 77.9 Å². The Morgan fingerprint density at radius 2 is 2.08 bits per heavy atom. The molecule has 5 heteroatoms. The Bertz CT molecular complexity index is 388. The Balaban J connectivity index is 3.49. The van der Waals surface area contributed by atoms with Gasteiger partial charge in [0, 0.05) is 12.1 Å². The Kier molecular flexibility index (Phi) is 2.03. The van der Waals surface area contributed by atoms with Gasteiger partial charge in [-0.3, -0.25) is 9.78 Å². The fraction of sp³-hybridized carbons (Fsp3) is 0.429. The molecule has 1 aromatic rings. The molecule has 0 saturated carbocycles. The molecule has 5 nitrogen and oxygen atoms in total. The minimum atomic E-state index is -0.651. The van der Waals surface area contributed by atoms with E-state index in [1.807, 2.05) is 4.98 Å². The quantitative estimate of drug-likeness (QED) is 0.597. The van der Waals surface area contributed by atoms with Gasteiger partial charge in [0.15, 0.2) is 0 Å². The molecule has 0 aliphatic rings. The van der Waals surface area contributed by atoms with Gasteiger partial charge in [-0.1, -0.05) is 0 Å². The van der Waals surface area contributed by atoms with E-state index < -0.39 is 17.1 Å². The molecule has 1 N–H and O–H groups in total. The molecule has 0 atom stereocenters. The Hall–Kier alpha value is -1.52. The first-order valence-corrected chi connectivity index (χ1v) is 3.55. The molecule has 0 aliphatic heterocycles. The fourth-order valence-corrected chi connectivity index (χ4v) is 0.972. The molecule has 1 aromatic heterocycles. The van der Waals surface area contributed by atoms with Gasteiger partial charge in [-0.05, 0) is 19.7 Å². The summed E-state index contributed by atoms with van der Waals surface area (Å²) in [6, 6.07) is 0.628. The monoisotopic (exact) mass is 169 g/mol. The lowest BCUT2D eigenvalue weighted by molar-refractivity contribution is -0.280. The third-order valence-electron chi connectivity index (χ3n) is 1.46. The number of aromatic amines is 1. The van der Waals surface area contributed by atoms with Crippen molar-refractivity contribution in [1.29, 1.82) is 0 Å². The van der Waals surface area contributed by atoms with Crippen molar-refractivity contribution in [2.45, 2.75) is 19.9 Å². The highest BCUT2D eigenvalue weighted by Crippen LogP contribution is 2.04. The largest absolute Gasteiger partial charge is 0.860 e. The number of hydrogen-bond donors (Lipinski definition) is 1. The summed E-state index contributed by atoms with van der Waals surface area (Å²) in [7, 11) is 0. The minimum absolute atomic E-state index is 0.234. The molecule has 1 rings (SSSR count). The second-order valence-electron chi connectivity index (χ2n) is 2.74. The van der Waals surface area contributed by atoms with Crippen LogP contribution in [0.4, 0.5) is 0 Å². The highest BCUT2D eigenvalue weighted by molar-refractivity contribution is 5.05. The second-order valence-corrected chi connectivity index (χ2v) is 2.74. The van der Waals surface area contributed by atoms with Crippen molar-refractivity contribution in [2.24, 2.45) is 0 Å². The van der Waals surface area contributed by atoms with Gasteiger partial charge >= 0.3 is 5.69 Å². The summed E-state index contributed by atoms with van der Waals surface area (Å²) in [4.78, 5) is 23.6. The van der Waals surface area contributed by atoms with Crippen molar-refractivity contribution in [1.82, 2.24) is 9.55 Å². The van der Waals surface area contributed by atoms with Crippen LogP contribution in [0.2, 0.25) is 0 Å². The van der Waals surface area contributed by atoms with Gasteiger partial charge in [0.1, 0.15) is 0 Å². The van der Waals surface area contributed by atoms with Gasteiger partial charge in [0.2, 0.25) is 0 Å². The molecule has 66 valence electrons. The van der Waals surface area contributed by atoms with E-state index >= 15 is 0 Å². The average Bonchev–Trinajstić information content (AvgIpc) is 1.82. The molecule has 0 saturated heterocycles. The summed E-state index contributed by atoms with van der Waals surface area (Å²) in [5.74, 6) is -0.557. The molecule has 0 fully saturated rings. The molecular formula is C7H9N2O3-. The van der Waals surface area contributed by atoms with E-state index in [0.29, 0.717) is 0 Å². The van der Waals surface area contributed by atoms with Crippen molar-refractivity contribution in [3.8, 4) is 5.88 Å². The van der Waals surface area contributed by atoms with Gasteiger partial charge in [0.05, 0.1) is 0 Å². The van der Waals surface area contributed by atoms with Crippen LogP contribution >= 0.6 is 0 Å². The molecule has 12 heavy (non-hydrogen) atoms. The lowest BCUT2D eigenvalue weighted by atomic mass is 10.4. The van der Waals surface area contributed by atoms with Crippen molar-refractivity contribution < 1.29 is 5.11 Å². The maximum Gasteiger partial charge on any atom is 0.328 e. The van der Waals surface area contributed by atoms with Crippen LogP contribution in [0, 0.1) is 0 Å². The summed E-state index contributed by atoms with van der Waals surface area (Å²) in [6.07, 6.45) is 0. The molecular weight excluding hydrogens is 160 g/mol. The van der Waals surface area contributed by atoms with Crippen LogP contribution in [0.1, 0.15) is 19.9 Å². The minimum Gasteiger partial charge on any atom is -0.860 e. The Morgan fingerprint density at radius 1 is 1.50 bits per heavy atom. The molecule has 0 bridgehead atoms. The first kappa shape index (κ1) is 8.58. The van der Waals surface area contributed by atoms with E-state index in [2.05, 4.69) is 0 Å². The maximum absolute atomic E-state index is 11.0. The average molecular weight is 169 g/mol. The van der Waals surface area contributed by atoms with Crippen LogP contribution in [0.3, 0.4) is 0 Å². The third-order valence-corrected chi connectivity index (χ3v) is 1.46. The maximum atomic E-state index is 11.0. The van der Waals surface area contributed by atoms with Gasteiger partial charge in [-0.15, -0.1) is 0 Å². The molecule has 0 amide bonds. The molecule has 0 aliphatic carbocycles. The summed E-state index contributed by atoms with van der Waals surface area (Å²) < 4.78 is 0.987. The molecule has 1 heterocycles. The van der Waals surface area contributed by atoms with E-state index in [-0.39, 0.29) is 6.04 Å². The first-order valence-electron chi connectivity index (χ1n) is 3.55. The van der Waals surface area contributed by atoms with Crippen LogP contribution in [-0.2, 0) is 0 Å². The lowest BCUT2D eigenvalue weighted by Crippen LogP contribution is -2.32. The Morgan fingerprint density at radius 3 is 2.50 bits per heavy atom. The zero-order valence-corrected chi connectivity index (χ0v) is 6.83. The van der Waals surface area contributed by atoms with Gasteiger partial charge in [-0.2, -0.15) is 0 Å². The summed E-state index contributed by atoms with van der Waals surface area (Å²) in [5, 5.41) is 11.0. The van der Waals surface area contributed by atoms with E-state index in [9.17, 15) is 14.7 Å². The van der Waals surface area contributed by atoms with Gasteiger partial charge in [-0.25, -0.2) is 4.79 Å². The van der Waals surface area contributed by atoms with Crippen molar-refractivity contribution in [3.05, 3.63) is 26.9 Å². The number of nitrogens with one attached hydrogen (secondary N) is 1. The van der Waals surface area contributed by atoms with E-state index in [1.54, 1.807) is 13.8 Å². The predicted molar refractivity (Wildman–Crippen MR) is 41.2 cm³/mol. The SMILES string of the molecule is CC(C)n1c([O-])cc(=O)[nH]c1=O. The smallest absolute Gasteiger partial charge is 0.328 e. The highest BCUT2D eigenvalue weighted by atomic mass is 16.3. The number of hydrogen-bond acceptors (Lipinski definition) is 3. The Labute approximate surface area is 68.3 Å². The first-order chi connectivity index (χ1) is 5.52. The van der Waals surface area contributed by atoms with E-state index in [0.717, 1.165) is 10.6 Å². The van der Waals surface area contributed by atoms with Crippen LogP contribution < -0.4 is 16.4 Å². The summed E-state index contributed by atoms with van der Waals surface area (Å²) >= 11 is 0. The third kappa shape index (κ3) is 1.39. The molecule has 0 unspecified atom stereocenters. The summed E-state index contributed by atoms with van der Waals surface area (Å²) in [6.45, 7) is 3.39. The zero-order chi connectivity index (χ0) is 9.30. The zero-order valence-electron chi connectivity index (χ0n) is 6.83. The van der Waals surface area contributed by atoms with Crippen molar-refractivity contribution in [3.63, 3.8) is 0 Å². The number of H-pyrrole nitrogens is 1. The fourth-order valence-electron chi connectivity index (χ4n) is 0.972. The number of aromatic nitrogens is 2. The van der Waals surface area contributed by atoms with E-state index in [1.165, 1.54) is 0 Å². The van der Waals surface area contributed by atoms with Crippen molar-refractivity contribution in [2.75, 3.05) is 0 Å². The van der Waals surface area contributed by atoms with Gasteiger partial charge in [0.25, 0.3) is 5.56 Å². The molecule has 0 aromatic carbocycles. The second kappa shape index (κ2) is 2.84. The molecule has 0 spiro atoms. The normalized spacial score (nSPS) is 10.6. The van der Waals surface area contributed by atoms with Crippen LogP contribution in [-0.4, -0.2) is 9.55 Å². The van der Waals surface area contributed by atoms with Crippen LogP contribution in [0.15, 0.2) is 15.7 Å². The lowest BCUT2D eigenvalue weighted by Gasteiger charge is -2.17. The highest BCUT2D eigenvalue weighted by Gasteiger charge is 2.01. The standard InChI is InChI=1S/C7H10N2O3/c1-4(2)9-6(11)3-5(10)8-7(9)12/h3-4,11H,1-2H3,(H,8,10,12)/p-1. The number of rotatable bonds is 1. The van der Waals surface area contributed by atoms with Crippen LogP contribution in [0.5, 0.6) is 5.88 Å². The van der Waals surface area contributed by atoms with Crippen LogP contribution in [0.25, 0.3) is 0 Å². The van der Waals surface area contributed by atoms with E-state index in [4.69, 9.17) is 0 Å². The van der Waals surface area contributed by atoms with Crippen molar-refractivity contribution >= 4 is 0 Å². The number of nitrogens with zero attached hydrogens (tertiary/aromatic N) is 1. The summed E-state index contributed by atoms with van der Waals surface area (Å²) in [5.41, 5.74) is -1.30. The predicted octanol–water partition coefficient (Wildman–Crippen LogP) is -0.809.